The highest BCUT2D eigenvalue weighted by molar-refractivity contribution is 7.81. The number of carboxylic acids is 1. The maximum atomic E-state index is 11.3. The first-order valence-electron chi connectivity index (χ1n) is 4.56. The zero-order valence-corrected chi connectivity index (χ0v) is 8.87. The number of hydrogen-bond acceptors (Lipinski definition) is 4. The fourth-order valence-electron chi connectivity index (χ4n) is 1.93. The minimum absolute atomic E-state index is 0.245. The van der Waals surface area contributed by atoms with Crippen LogP contribution in [0.15, 0.2) is 0 Å². The fraction of sp³-hybridized carbons (Fsp3) is 0.778. The smallest absolute Gasteiger partial charge is 0.309 e. The Morgan fingerprint density at radius 1 is 1.43 bits per heavy atom. The van der Waals surface area contributed by atoms with E-state index >= 15 is 0 Å². The third-order valence-corrected chi connectivity index (χ3v) is 3.23. The van der Waals surface area contributed by atoms with Crippen LogP contribution in [0.3, 0.4) is 0 Å². The number of esters is 1. The summed E-state index contributed by atoms with van der Waals surface area (Å²) in [6.07, 6.45) is 2.16. The molecule has 0 amide bonds. The minimum Gasteiger partial charge on any atom is -0.481 e. The van der Waals surface area contributed by atoms with Gasteiger partial charge in [0.2, 0.25) is 0 Å². The number of hydrogen-bond donors (Lipinski definition) is 2. The van der Waals surface area contributed by atoms with Crippen molar-refractivity contribution >= 4 is 24.6 Å². The van der Waals surface area contributed by atoms with Crippen LogP contribution in [0.4, 0.5) is 0 Å². The summed E-state index contributed by atoms with van der Waals surface area (Å²) >= 11 is 4.20. The van der Waals surface area contributed by atoms with Crippen LogP contribution in [0.5, 0.6) is 0 Å². The van der Waals surface area contributed by atoms with Crippen molar-refractivity contribution in [2.75, 3.05) is 7.11 Å². The molecule has 4 nitrogen and oxygen atoms in total. The maximum absolute atomic E-state index is 11.3. The molecule has 5 heteroatoms. The number of carboxylic acid groups (broad SMARTS) is 1. The summed E-state index contributed by atoms with van der Waals surface area (Å²) in [5.41, 5.74) is 0. The van der Waals surface area contributed by atoms with Crippen LogP contribution in [0, 0.1) is 11.8 Å². The van der Waals surface area contributed by atoms with Gasteiger partial charge in [-0.2, -0.15) is 12.6 Å². The molecule has 0 spiro atoms. The summed E-state index contributed by atoms with van der Waals surface area (Å²) in [4.78, 5) is 22.2. The Hall–Kier alpha value is -0.710. The van der Waals surface area contributed by atoms with Gasteiger partial charge < -0.3 is 9.84 Å². The maximum Gasteiger partial charge on any atom is 0.309 e. The van der Waals surface area contributed by atoms with E-state index in [1.54, 1.807) is 0 Å². The molecule has 1 fully saturated rings. The molecule has 0 aromatic heterocycles. The molecule has 0 bridgehead atoms. The van der Waals surface area contributed by atoms with Gasteiger partial charge in [-0.1, -0.05) is 6.42 Å². The summed E-state index contributed by atoms with van der Waals surface area (Å²) in [7, 11) is 1.28. The van der Waals surface area contributed by atoms with Gasteiger partial charge in [0.25, 0.3) is 0 Å². The first-order chi connectivity index (χ1) is 6.57. The van der Waals surface area contributed by atoms with Crippen LogP contribution in [-0.4, -0.2) is 29.4 Å². The third-order valence-electron chi connectivity index (χ3n) is 2.65. The number of methoxy groups -OCH3 is 1. The monoisotopic (exact) mass is 218 g/mol. The SMILES string of the molecule is COC(=O)C1CCCC(S)C1C(=O)O. The van der Waals surface area contributed by atoms with Crippen molar-refractivity contribution in [1.82, 2.24) is 0 Å². The quantitative estimate of drug-likeness (QED) is 0.535. The Morgan fingerprint density at radius 2 is 2.07 bits per heavy atom. The van der Waals surface area contributed by atoms with Gasteiger partial charge in [-0.3, -0.25) is 9.59 Å². The Morgan fingerprint density at radius 3 is 2.57 bits per heavy atom. The first-order valence-corrected chi connectivity index (χ1v) is 5.08. The van der Waals surface area contributed by atoms with Crippen LogP contribution in [0.1, 0.15) is 19.3 Å². The van der Waals surface area contributed by atoms with Crippen LogP contribution >= 0.6 is 12.6 Å². The molecule has 80 valence electrons. The van der Waals surface area contributed by atoms with Crippen LogP contribution in [-0.2, 0) is 14.3 Å². The van der Waals surface area contributed by atoms with Crippen molar-refractivity contribution in [2.24, 2.45) is 11.8 Å². The van der Waals surface area contributed by atoms with E-state index in [1.807, 2.05) is 0 Å². The standard InChI is InChI=1S/C9H14O4S/c1-13-9(12)5-3-2-4-6(14)7(5)8(10)11/h5-7,14H,2-4H2,1H3,(H,10,11). The van der Waals surface area contributed by atoms with E-state index in [9.17, 15) is 9.59 Å². The molecule has 0 radical (unpaired) electrons. The molecule has 1 aliphatic carbocycles. The highest BCUT2D eigenvalue weighted by Gasteiger charge is 2.41. The highest BCUT2D eigenvalue weighted by atomic mass is 32.1. The van der Waals surface area contributed by atoms with E-state index < -0.39 is 23.8 Å². The van der Waals surface area contributed by atoms with E-state index in [1.165, 1.54) is 7.11 Å². The largest absolute Gasteiger partial charge is 0.481 e. The molecule has 1 N–H and O–H groups in total. The molecule has 0 aromatic rings. The summed E-state index contributed by atoms with van der Waals surface area (Å²) < 4.78 is 4.58. The fourth-order valence-corrected chi connectivity index (χ4v) is 2.44. The van der Waals surface area contributed by atoms with E-state index in [0.29, 0.717) is 6.42 Å². The molecule has 14 heavy (non-hydrogen) atoms. The molecule has 0 aromatic carbocycles. The van der Waals surface area contributed by atoms with Crippen molar-refractivity contribution in [3.05, 3.63) is 0 Å². The number of carbonyl (C=O) groups excluding carboxylic acids is 1. The summed E-state index contributed by atoms with van der Waals surface area (Å²) in [5.74, 6) is -2.63. The lowest BCUT2D eigenvalue weighted by Gasteiger charge is -2.30. The Kier molecular flexibility index (Phi) is 3.80. The molecule has 1 rings (SSSR count). The first kappa shape index (κ1) is 11.4. The van der Waals surface area contributed by atoms with Crippen LogP contribution in [0.2, 0.25) is 0 Å². The third kappa shape index (κ3) is 2.20. The lowest BCUT2D eigenvalue weighted by Crippen LogP contribution is -2.39. The van der Waals surface area contributed by atoms with E-state index in [0.717, 1.165) is 12.8 Å². The number of carbonyl (C=O) groups is 2. The Labute approximate surface area is 88.0 Å². The van der Waals surface area contributed by atoms with Gasteiger partial charge in [-0.25, -0.2) is 0 Å². The normalized spacial score (nSPS) is 32.3. The molecular weight excluding hydrogens is 204 g/mol. The second-order valence-corrected chi connectivity index (χ2v) is 4.16. The predicted octanol–water partition coefficient (Wildman–Crippen LogP) is 0.959. The Bertz CT molecular complexity index is 241. The van der Waals surface area contributed by atoms with Crippen LogP contribution in [0.25, 0.3) is 0 Å². The molecule has 1 saturated carbocycles. The van der Waals surface area contributed by atoms with Gasteiger partial charge in [0.05, 0.1) is 18.9 Å². The topological polar surface area (TPSA) is 63.6 Å². The van der Waals surface area contributed by atoms with Crippen molar-refractivity contribution in [3.63, 3.8) is 0 Å². The van der Waals surface area contributed by atoms with Gasteiger partial charge in [0.15, 0.2) is 0 Å². The van der Waals surface area contributed by atoms with Gasteiger partial charge in [-0.05, 0) is 12.8 Å². The van der Waals surface area contributed by atoms with Gasteiger partial charge in [0.1, 0.15) is 0 Å². The summed E-state index contributed by atoms with van der Waals surface area (Å²) in [6, 6.07) is 0. The van der Waals surface area contributed by atoms with Gasteiger partial charge >= 0.3 is 11.9 Å². The number of aliphatic carboxylic acids is 1. The van der Waals surface area contributed by atoms with Crippen molar-refractivity contribution in [3.8, 4) is 0 Å². The van der Waals surface area contributed by atoms with Crippen molar-refractivity contribution in [1.29, 1.82) is 0 Å². The van der Waals surface area contributed by atoms with E-state index in [2.05, 4.69) is 17.4 Å². The average molecular weight is 218 g/mol. The molecule has 3 unspecified atom stereocenters. The molecular formula is C9H14O4S. The van der Waals surface area contributed by atoms with Crippen molar-refractivity contribution < 1.29 is 19.4 Å². The molecule has 3 atom stereocenters. The summed E-state index contributed by atoms with van der Waals surface area (Å²) in [5, 5.41) is 8.72. The second kappa shape index (κ2) is 4.68. The highest BCUT2D eigenvalue weighted by Crippen LogP contribution is 2.34. The number of rotatable bonds is 2. The molecule has 0 saturated heterocycles. The van der Waals surface area contributed by atoms with Crippen LogP contribution < -0.4 is 0 Å². The zero-order valence-electron chi connectivity index (χ0n) is 7.97. The number of ether oxygens (including phenoxy) is 1. The summed E-state index contributed by atoms with van der Waals surface area (Å²) in [6.45, 7) is 0. The zero-order chi connectivity index (χ0) is 10.7. The molecule has 0 heterocycles. The van der Waals surface area contributed by atoms with E-state index in [4.69, 9.17) is 5.11 Å². The van der Waals surface area contributed by atoms with Gasteiger partial charge in [-0.15, -0.1) is 0 Å². The molecule has 0 aliphatic heterocycles. The predicted molar refractivity (Wildman–Crippen MR) is 53.3 cm³/mol. The minimum atomic E-state index is -0.958. The lowest BCUT2D eigenvalue weighted by atomic mass is 9.79. The molecule has 1 aliphatic rings. The lowest BCUT2D eigenvalue weighted by molar-refractivity contribution is -0.157. The average Bonchev–Trinajstić information content (AvgIpc) is 2.15. The van der Waals surface area contributed by atoms with Gasteiger partial charge in [0, 0.05) is 5.25 Å². The van der Waals surface area contributed by atoms with Crippen molar-refractivity contribution in [2.45, 2.75) is 24.5 Å². The van der Waals surface area contributed by atoms with E-state index in [-0.39, 0.29) is 5.25 Å². The number of thiol groups is 1. The Balaban J connectivity index is 2.79. The second-order valence-electron chi connectivity index (χ2n) is 3.49.